The van der Waals surface area contributed by atoms with Crippen LogP contribution in [0.5, 0.6) is 0 Å². The highest BCUT2D eigenvalue weighted by Crippen LogP contribution is 2.43. The highest BCUT2D eigenvalue weighted by Gasteiger charge is 2.43. The summed E-state index contributed by atoms with van der Waals surface area (Å²) < 4.78 is 34.8. The van der Waals surface area contributed by atoms with Crippen LogP contribution in [0.15, 0.2) is 17.6 Å². The van der Waals surface area contributed by atoms with Crippen LogP contribution in [0.3, 0.4) is 0 Å². The monoisotopic (exact) mass is 327 g/mol. The van der Waals surface area contributed by atoms with E-state index < -0.39 is 10.0 Å². The first-order valence-electron chi connectivity index (χ1n) is 8.01. The van der Waals surface area contributed by atoms with Crippen LogP contribution in [0.1, 0.15) is 33.1 Å². The Hall–Kier alpha value is -0.920. The van der Waals surface area contributed by atoms with Gasteiger partial charge < -0.3 is 9.30 Å². The van der Waals surface area contributed by atoms with E-state index in [4.69, 9.17) is 4.74 Å². The molecule has 6 nitrogen and oxygen atoms in total. The first kappa shape index (κ1) is 16.0. The normalized spacial score (nSPS) is 22.7. The maximum Gasteiger partial charge on any atom is 0.262 e. The van der Waals surface area contributed by atoms with E-state index in [1.54, 1.807) is 16.8 Å². The predicted octanol–water partition coefficient (Wildman–Crippen LogP) is 1.73. The van der Waals surface area contributed by atoms with E-state index in [0.29, 0.717) is 32.2 Å². The molecule has 2 aliphatic rings. The Labute approximate surface area is 132 Å². The average molecular weight is 327 g/mol. The van der Waals surface area contributed by atoms with Crippen LogP contribution < -0.4 is 0 Å². The van der Waals surface area contributed by atoms with Gasteiger partial charge in [0.25, 0.3) is 10.0 Å². The molecule has 1 saturated carbocycles. The molecular weight excluding hydrogens is 302 g/mol. The van der Waals surface area contributed by atoms with Gasteiger partial charge in [-0.05, 0) is 18.8 Å². The molecule has 1 aliphatic carbocycles. The molecule has 1 aromatic rings. The third-order valence-electron chi connectivity index (χ3n) is 4.61. The Morgan fingerprint density at radius 3 is 2.82 bits per heavy atom. The minimum atomic E-state index is -3.53. The van der Waals surface area contributed by atoms with Gasteiger partial charge >= 0.3 is 0 Å². The zero-order valence-electron chi connectivity index (χ0n) is 13.4. The molecule has 0 N–H and O–H groups in total. The van der Waals surface area contributed by atoms with Crippen LogP contribution in [0.2, 0.25) is 0 Å². The average Bonchev–Trinajstić information content (AvgIpc) is 2.73. The molecular formula is C15H25N3O3S. The van der Waals surface area contributed by atoms with Crippen molar-refractivity contribution in [2.45, 2.75) is 44.7 Å². The standard InChI is InChI=1S/C15H25N3O3S/c1-13(2)8-17-9-14(16-12-17)22(19,20)18-6-7-21-11-15(10-18)4-3-5-15/h9,12-13H,3-8,10-11H2,1-2H3. The van der Waals surface area contributed by atoms with Gasteiger partial charge in [0.15, 0.2) is 5.03 Å². The lowest BCUT2D eigenvalue weighted by Crippen LogP contribution is -2.45. The number of rotatable bonds is 4. The molecule has 22 heavy (non-hydrogen) atoms. The van der Waals surface area contributed by atoms with Gasteiger partial charge in [0.05, 0.1) is 19.5 Å². The zero-order chi connectivity index (χ0) is 15.8. The van der Waals surface area contributed by atoms with E-state index in [0.717, 1.165) is 19.4 Å². The molecule has 0 atom stereocenters. The largest absolute Gasteiger partial charge is 0.379 e. The highest BCUT2D eigenvalue weighted by molar-refractivity contribution is 7.89. The fraction of sp³-hybridized carbons (Fsp3) is 0.800. The summed E-state index contributed by atoms with van der Waals surface area (Å²) in [6.45, 7) is 7.10. The molecule has 1 spiro atoms. The first-order chi connectivity index (χ1) is 10.4. The van der Waals surface area contributed by atoms with Crippen molar-refractivity contribution in [3.63, 3.8) is 0 Å². The molecule has 2 heterocycles. The van der Waals surface area contributed by atoms with Crippen molar-refractivity contribution >= 4 is 10.0 Å². The quantitative estimate of drug-likeness (QED) is 0.845. The Kier molecular flexibility index (Phi) is 4.31. The van der Waals surface area contributed by atoms with Crippen LogP contribution in [-0.4, -0.2) is 48.6 Å². The number of aromatic nitrogens is 2. The summed E-state index contributed by atoms with van der Waals surface area (Å²) in [5, 5.41) is 0.157. The Balaban J connectivity index is 1.80. The third kappa shape index (κ3) is 3.07. The zero-order valence-corrected chi connectivity index (χ0v) is 14.2. The predicted molar refractivity (Wildman–Crippen MR) is 82.9 cm³/mol. The molecule has 0 unspecified atom stereocenters. The Morgan fingerprint density at radius 1 is 1.41 bits per heavy atom. The molecule has 0 bridgehead atoms. The fourth-order valence-corrected chi connectivity index (χ4v) is 4.74. The molecule has 0 radical (unpaired) electrons. The maximum absolute atomic E-state index is 12.9. The van der Waals surface area contributed by atoms with E-state index >= 15 is 0 Å². The van der Waals surface area contributed by atoms with E-state index in [-0.39, 0.29) is 10.4 Å². The van der Waals surface area contributed by atoms with Crippen molar-refractivity contribution in [3.8, 4) is 0 Å². The number of sulfonamides is 1. The molecule has 3 rings (SSSR count). The lowest BCUT2D eigenvalue weighted by Gasteiger charge is -2.42. The van der Waals surface area contributed by atoms with Gasteiger partial charge in [0.1, 0.15) is 0 Å². The number of nitrogens with zero attached hydrogens (tertiary/aromatic N) is 3. The summed E-state index contributed by atoms with van der Waals surface area (Å²) in [7, 11) is -3.53. The van der Waals surface area contributed by atoms with Gasteiger partial charge in [0, 0.05) is 31.2 Å². The molecule has 124 valence electrons. The second-order valence-corrected chi connectivity index (χ2v) is 8.93. The van der Waals surface area contributed by atoms with E-state index in [1.807, 2.05) is 4.57 Å². The Morgan fingerprint density at radius 2 is 2.18 bits per heavy atom. The summed E-state index contributed by atoms with van der Waals surface area (Å²) in [5.41, 5.74) is 0.0318. The topological polar surface area (TPSA) is 64.4 Å². The molecule has 2 fully saturated rings. The molecule has 1 saturated heterocycles. The van der Waals surface area contributed by atoms with Crippen molar-refractivity contribution in [1.82, 2.24) is 13.9 Å². The lowest BCUT2D eigenvalue weighted by atomic mass is 9.69. The third-order valence-corrected chi connectivity index (χ3v) is 6.34. The molecule has 0 amide bonds. The number of ether oxygens (including phenoxy) is 1. The second-order valence-electron chi connectivity index (χ2n) is 7.05. The van der Waals surface area contributed by atoms with Gasteiger partial charge in [0.2, 0.25) is 0 Å². The van der Waals surface area contributed by atoms with Gasteiger partial charge in [-0.1, -0.05) is 20.3 Å². The number of hydrogen-bond acceptors (Lipinski definition) is 4. The Bertz CT molecular complexity index is 620. The summed E-state index contributed by atoms with van der Waals surface area (Å²) >= 11 is 0. The lowest BCUT2D eigenvalue weighted by molar-refractivity contribution is 0.0145. The van der Waals surface area contributed by atoms with Crippen molar-refractivity contribution < 1.29 is 13.2 Å². The fourth-order valence-electron chi connectivity index (χ4n) is 3.26. The molecule has 1 aliphatic heterocycles. The first-order valence-corrected chi connectivity index (χ1v) is 9.45. The molecule has 1 aromatic heterocycles. The SMILES string of the molecule is CC(C)Cn1cnc(S(=O)(=O)N2CCOCC3(CCC3)C2)c1. The summed E-state index contributed by atoms with van der Waals surface area (Å²) in [4.78, 5) is 4.13. The van der Waals surface area contributed by atoms with Gasteiger partial charge in [-0.2, -0.15) is 4.31 Å². The van der Waals surface area contributed by atoms with Crippen LogP contribution in [0.25, 0.3) is 0 Å². The van der Waals surface area contributed by atoms with Crippen molar-refractivity contribution in [2.75, 3.05) is 26.3 Å². The van der Waals surface area contributed by atoms with E-state index in [1.165, 1.54) is 6.42 Å². The molecule has 0 aromatic carbocycles. The summed E-state index contributed by atoms with van der Waals surface area (Å²) in [6, 6.07) is 0. The van der Waals surface area contributed by atoms with Crippen molar-refractivity contribution in [2.24, 2.45) is 11.3 Å². The van der Waals surface area contributed by atoms with Crippen LogP contribution in [-0.2, 0) is 21.3 Å². The molecule has 7 heteroatoms. The maximum atomic E-state index is 12.9. The van der Waals surface area contributed by atoms with Gasteiger partial charge in [-0.15, -0.1) is 0 Å². The van der Waals surface area contributed by atoms with Gasteiger partial charge in [-0.25, -0.2) is 13.4 Å². The van der Waals surface area contributed by atoms with Gasteiger partial charge in [-0.3, -0.25) is 0 Å². The van der Waals surface area contributed by atoms with E-state index in [9.17, 15) is 8.42 Å². The van der Waals surface area contributed by atoms with Crippen molar-refractivity contribution in [1.29, 1.82) is 0 Å². The van der Waals surface area contributed by atoms with Crippen LogP contribution >= 0.6 is 0 Å². The smallest absolute Gasteiger partial charge is 0.262 e. The summed E-state index contributed by atoms with van der Waals surface area (Å²) in [6.07, 6.45) is 6.54. The van der Waals surface area contributed by atoms with Crippen molar-refractivity contribution in [3.05, 3.63) is 12.5 Å². The number of imidazole rings is 1. The highest BCUT2D eigenvalue weighted by atomic mass is 32.2. The minimum Gasteiger partial charge on any atom is -0.379 e. The minimum absolute atomic E-state index is 0.0318. The van der Waals surface area contributed by atoms with Crippen LogP contribution in [0, 0.1) is 11.3 Å². The van der Waals surface area contributed by atoms with Crippen LogP contribution in [0.4, 0.5) is 0 Å². The summed E-state index contributed by atoms with van der Waals surface area (Å²) in [5.74, 6) is 0.453. The van der Waals surface area contributed by atoms with E-state index in [2.05, 4.69) is 18.8 Å². The second kappa shape index (κ2) is 5.94. The number of hydrogen-bond donors (Lipinski definition) is 0.